The molecule has 2 rings (SSSR count). The summed E-state index contributed by atoms with van der Waals surface area (Å²) < 4.78 is 1.11. The van der Waals surface area contributed by atoms with Gasteiger partial charge in [-0.2, -0.15) is 0 Å². The van der Waals surface area contributed by atoms with E-state index in [1.54, 1.807) is 0 Å². The van der Waals surface area contributed by atoms with Crippen LogP contribution in [0.2, 0.25) is 0 Å². The summed E-state index contributed by atoms with van der Waals surface area (Å²) in [6.07, 6.45) is 1.38. The van der Waals surface area contributed by atoms with Gasteiger partial charge in [0.2, 0.25) is 5.91 Å². The highest BCUT2D eigenvalue weighted by Gasteiger charge is 2.29. The maximum atomic E-state index is 11.6. The first-order valence-corrected chi connectivity index (χ1v) is 5.91. The van der Waals surface area contributed by atoms with Crippen molar-refractivity contribution >= 4 is 23.8 Å². The molecule has 1 saturated heterocycles. The van der Waals surface area contributed by atoms with Crippen LogP contribution in [0.25, 0.3) is 0 Å². The second-order valence-corrected chi connectivity index (χ2v) is 4.22. The molecular weight excluding hydrogens is 284 g/mol. The van der Waals surface area contributed by atoms with Crippen LogP contribution in [0, 0.1) is 0 Å². The van der Waals surface area contributed by atoms with E-state index in [-0.39, 0.29) is 26.2 Å². The van der Waals surface area contributed by atoms with Gasteiger partial charge in [-0.15, -0.1) is 5.10 Å². The number of nitrogens with zero attached hydrogens (tertiary/aromatic N) is 4. The quantitative estimate of drug-likeness (QED) is 0.493. The Morgan fingerprint density at radius 3 is 2.76 bits per heavy atom. The predicted octanol–water partition coefficient (Wildman–Crippen LogP) is -2.47. The zero-order chi connectivity index (χ0) is 15.4. The monoisotopic (exact) mass is 296 g/mol. The lowest BCUT2D eigenvalue weighted by Crippen LogP contribution is -2.40. The van der Waals surface area contributed by atoms with Gasteiger partial charge in [-0.1, -0.05) is 5.21 Å². The van der Waals surface area contributed by atoms with E-state index < -0.39 is 23.8 Å². The summed E-state index contributed by atoms with van der Waals surface area (Å²) in [7, 11) is 0. The summed E-state index contributed by atoms with van der Waals surface area (Å²) in [5, 5.41) is 20.6. The standard InChI is InChI=1S/C10H12N6O5/c17-7(4-16-8(18)2-12-10(16)21)11-1-6-3-15(14-13-6)5-9(19)20/h3H,1-2,4-5H2,(H,11,17)(H,12,21)(H,19,20). The lowest BCUT2D eigenvalue weighted by molar-refractivity contribution is -0.138. The number of hydrogen-bond acceptors (Lipinski definition) is 6. The van der Waals surface area contributed by atoms with Crippen molar-refractivity contribution in [2.24, 2.45) is 0 Å². The van der Waals surface area contributed by atoms with E-state index in [0.29, 0.717) is 5.69 Å². The van der Waals surface area contributed by atoms with Gasteiger partial charge in [0.1, 0.15) is 18.8 Å². The number of hydrogen-bond donors (Lipinski definition) is 3. The predicted molar refractivity (Wildman–Crippen MR) is 64.6 cm³/mol. The number of rotatable bonds is 6. The van der Waals surface area contributed by atoms with E-state index in [4.69, 9.17) is 5.11 Å². The molecule has 1 aromatic rings. The first-order valence-electron chi connectivity index (χ1n) is 5.91. The van der Waals surface area contributed by atoms with Crippen LogP contribution in [0.1, 0.15) is 5.69 Å². The largest absolute Gasteiger partial charge is 0.480 e. The number of carboxylic acid groups (broad SMARTS) is 1. The average molecular weight is 296 g/mol. The molecule has 21 heavy (non-hydrogen) atoms. The zero-order valence-corrected chi connectivity index (χ0v) is 10.8. The summed E-state index contributed by atoms with van der Waals surface area (Å²) >= 11 is 0. The van der Waals surface area contributed by atoms with Crippen molar-refractivity contribution in [2.45, 2.75) is 13.1 Å². The van der Waals surface area contributed by atoms with Crippen LogP contribution in [-0.2, 0) is 27.5 Å². The first-order chi connectivity index (χ1) is 9.95. The fraction of sp³-hybridized carbons (Fsp3) is 0.400. The first kappa shape index (κ1) is 14.4. The lowest BCUT2D eigenvalue weighted by Gasteiger charge is -2.11. The van der Waals surface area contributed by atoms with E-state index in [1.807, 2.05) is 0 Å². The van der Waals surface area contributed by atoms with Crippen LogP contribution in [0.5, 0.6) is 0 Å². The van der Waals surface area contributed by atoms with Crippen molar-refractivity contribution in [3.05, 3.63) is 11.9 Å². The minimum absolute atomic E-state index is 0.0160. The van der Waals surface area contributed by atoms with Gasteiger partial charge in [-0.25, -0.2) is 9.48 Å². The van der Waals surface area contributed by atoms with Crippen molar-refractivity contribution < 1.29 is 24.3 Å². The molecule has 0 saturated carbocycles. The van der Waals surface area contributed by atoms with Gasteiger partial charge in [0.05, 0.1) is 19.3 Å². The van der Waals surface area contributed by atoms with Crippen molar-refractivity contribution in [2.75, 3.05) is 13.1 Å². The Labute approximate surface area is 117 Å². The summed E-state index contributed by atoms with van der Waals surface area (Å²) in [5.74, 6) is -2.07. The molecule has 1 fully saturated rings. The summed E-state index contributed by atoms with van der Waals surface area (Å²) in [6, 6.07) is -0.609. The molecular formula is C10H12N6O5. The molecule has 0 spiro atoms. The van der Waals surface area contributed by atoms with Crippen molar-refractivity contribution in [3.63, 3.8) is 0 Å². The highest BCUT2D eigenvalue weighted by molar-refractivity contribution is 6.04. The minimum Gasteiger partial charge on any atom is -0.480 e. The average Bonchev–Trinajstić information content (AvgIpc) is 2.97. The lowest BCUT2D eigenvalue weighted by atomic mass is 10.4. The number of amides is 4. The fourth-order valence-electron chi connectivity index (χ4n) is 1.64. The van der Waals surface area contributed by atoms with Crippen molar-refractivity contribution in [1.29, 1.82) is 0 Å². The summed E-state index contributed by atoms with van der Waals surface area (Å²) in [5.41, 5.74) is 0.363. The molecule has 0 unspecified atom stereocenters. The van der Waals surface area contributed by atoms with Crippen molar-refractivity contribution in [3.8, 4) is 0 Å². The Hall–Kier alpha value is -2.98. The number of aliphatic carboxylic acids is 1. The van der Waals surface area contributed by atoms with E-state index in [9.17, 15) is 19.2 Å². The van der Waals surface area contributed by atoms with E-state index in [1.165, 1.54) is 6.20 Å². The van der Waals surface area contributed by atoms with Gasteiger partial charge in [-0.05, 0) is 0 Å². The third-order valence-corrected chi connectivity index (χ3v) is 2.59. The van der Waals surface area contributed by atoms with Crippen LogP contribution in [0.15, 0.2) is 6.20 Å². The number of carbonyl (C=O) groups is 4. The molecule has 3 N–H and O–H groups in total. The number of imide groups is 1. The van der Waals surface area contributed by atoms with E-state index in [0.717, 1.165) is 9.58 Å². The molecule has 0 aliphatic carbocycles. The van der Waals surface area contributed by atoms with Gasteiger partial charge >= 0.3 is 12.0 Å². The minimum atomic E-state index is -1.06. The van der Waals surface area contributed by atoms with Gasteiger partial charge in [-0.3, -0.25) is 19.3 Å². The molecule has 112 valence electrons. The van der Waals surface area contributed by atoms with Crippen LogP contribution in [-0.4, -0.2) is 61.9 Å². The van der Waals surface area contributed by atoms with Crippen molar-refractivity contribution in [1.82, 2.24) is 30.5 Å². The van der Waals surface area contributed by atoms with E-state index in [2.05, 4.69) is 20.9 Å². The van der Waals surface area contributed by atoms with E-state index >= 15 is 0 Å². The van der Waals surface area contributed by atoms with Crippen LogP contribution >= 0.6 is 0 Å². The van der Waals surface area contributed by atoms with Gasteiger partial charge < -0.3 is 15.7 Å². The second kappa shape index (κ2) is 5.98. The molecule has 4 amide bonds. The fourth-order valence-corrected chi connectivity index (χ4v) is 1.64. The van der Waals surface area contributed by atoms with Gasteiger partial charge in [0.25, 0.3) is 5.91 Å². The van der Waals surface area contributed by atoms with Crippen LogP contribution in [0.3, 0.4) is 0 Å². The highest BCUT2D eigenvalue weighted by Crippen LogP contribution is 1.98. The highest BCUT2D eigenvalue weighted by atomic mass is 16.4. The maximum absolute atomic E-state index is 11.6. The summed E-state index contributed by atoms with van der Waals surface area (Å²) in [4.78, 5) is 45.4. The Balaban J connectivity index is 1.81. The number of carboxylic acids is 1. The molecule has 1 aromatic heterocycles. The smallest absolute Gasteiger partial charge is 0.325 e. The Kier molecular flexibility index (Phi) is 4.11. The molecule has 0 radical (unpaired) electrons. The molecule has 11 nitrogen and oxygen atoms in total. The zero-order valence-electron chi connectivity index (χ0n) is 10.8. The van der Waals surface area contributed by atoms with Gasteiger partial charge in [0, 0.05) is 0 Å². The molecule has 0 bridgehead atoms. The third-order valence-electron chi connectivity index (χ3n) is 2.59. The Morgan fingerprint density at radius 1 is 1.38 bits per heavy atom. The van der Waals surface area contributed by atoms with Crippen LogP contribution < -0.4 is 10.6 Å². The SMILES string of the molecule is O=C(O)Cn1cc(CNC(=O)CN2C(=O)CNC2=O)nn1. The number of carbonyl (C=O) groups excluding carboxylic acids is 3. The Bertz CT molecular complexity index is 581. The molecule has 2 heterocycles. The Morgan fingerprint density at radius 2 is 2.14 bits per heavy atom. The molecule has 1 aliphatic rings. The van der Waals surface area contributed by atoms with Crippen LogP contribution in [0.4, 0.5) is 4.79 Å². The normalized spacial score (nSPS) is 14.2. The number of urea groups is 1. The summed E-state index contributed by atoms with van der Waals surface area (Å²) in [6.45, 7) is -0.810. The molecule has 0 atom stereocenters. The second-order valence-electron chi connectivity index (χ2n) is 4.22. The molecule has 1 aliphatic heterocycles. The number of nitrogens with one attached hydrogen (secondary N) is 2. The third kappa shape index (κ3) is 3.75. The van der Waals surface area contributed by atoms with Gasteiger partial charge in [0.15, 0.2) is 0 Å². The topological polar surface area (TPSA) is 147 Å². The maximum Gasteiger partial charge on any atom is 0.325 e. The number of aromatic nitrogens is 3. The molecule has 0 aromatic carbocycles. The molecule has 11 heteroatoms.